The van der Waals surface area contributed by atoms with Crippen LogP contribution in [0.2, 0.25) is 0 Å². The predicted octanol–water partition coefficient (Wildman–Crippen LogP) is 8.56. The van der Waals surface area contributed by atoms with E-state index in [1.807, 2.05) is 0 Å². The second kappa shape index (κ2) is 19.7. The molecule has 148 valence electrons. The lowest BCUT2D eigenvalue weighted by Crippen LogP contribution is -1.96. The smallest absolute Gasteiger partial charge is 0.133 e. The third-order valence-electron chi connectivity index (χ3n) is 5.03. The van der Waals surface area contributed by atoms with Crippen molar-refractivity contribution in [2.75, 3.05) is 0 Å². The fourth-order valence-corrected chi connectivity index (χ4v) is 3.34. The Morgan fingerprint density at radius 3 is 1.40 bits per heavy atom. The van der Waals surface area contributed by atoms with Crippen molar-refractivity contribution in [3.63, 3.8) is 0 Å². The van der Waals surface area contributed by atoms with Crippen LogP contribution in [0.5, 0.6) is 0 Å². The summed E-state index contributed by atoms with van der Waals surface area (Å²) in [5, 5.41) is 0. The van der Waals surface area contributed by atoms with Crippen molar-refractivity contribution in [2.24, 2.45) is 0 Å². The number of rotatable bonds is 19. The molecular formula is C24H46O. The zero-order valence-corrected chi connectivity index (χ0v) is 17.7. The first-order valence-electron chi connectivity index (χ1n) is 11.3. The second-order valence-electron chi connectivity index (χ2n) is 8.06. The molecule has 0 saturated carbocycles. The fourth-order valence-electron chi connectivity index (χ4n) is 3.34. The highest BCUT2D eigenvalue weighted by Crippen LogP contribution is 2.14. The Morgan fingerprint density at radius 1 is 0.600 bits per heavy atom. The molecule has 0 N–H and O–H groups in total. The van der Waals surface area contributed by atoms with E-state index in [0.717, 1.165) is 25.7 Å². The van der Waals surface area contributed by atoms with Gasteiger partial charge in [-0.1, -0.05) is 108 Å². The largest absolute Gasteiger partial charge is 0.300 e. The number of allylic oxidation sites excluding steroid dienone is 2. The van der Waals surface area contributed by atoms with E-state index in [1.165, 1.54) is 95.5 Å². The summed E-state index contributed by atoms with van der Waals surface area (Å²) in [5.74, 6) is 0.451. The van der Waals surface area contributed by atoms with Crippen LogP contribution in [0, 0.1) is 0 Å². The molecule has 0 bridgehead atoms. The second-order valence-corrected chi connectivity index (χ2v) is 8.06. The maximum atomic E-state index is 11.7. The van der Waals surface area contributed by atoms with Gasteiger partial charge in [0.25, 0.3) is 0 Å². The highest BCUT2D eigenvalue weighted by molar-refractivity contribution is 5.78. The summed E-state index contributed by atoms with van der Waals surface area (Å²) in [7, 11) is 0. The maximum Gasteiger partial charge on any atom is 0.133 e. The lowest BCUT2D eigenvalue weighted by Gasteiger charge is -2.03. The molecule has 0 spiro atoms. The van der Waals surface area contributed by atoms with Gasteiger partial charge in [-0.2, -0.15) is 0 Å². The average molecular weight is 351 g/mol. The van der Waals surface area contributed by atoms with Crippen LogP contribution in [0.4, 0.5) is 0 Å². The molecule has 1 nitrogen and oxygen atoms in total. The van der Waals surface area contributed by atoms with E-state index in [1.54, 1.807) is 0 Å². The lowest BCUT2D eigenvalue weighted by molar-refractivity contribution is -0.119. The van der Waals surface area contributed by atoms with E-state index in [2.05, 4.69) is 26.8 Å². The van der Waals surface area contributed by atoms with E-state index in [0.29, 0.717) is 5.78 Å². The Hall–Kier alpha value is -0.590. The van der Waals surface area contributed by atoms with E-state index in [4.69, 9.17) is 0 Å². The van der Waals surface area contributed by atoms with Gasteiger partial charge in [0.15, 0.2) is 0 Å². The average Bonchev–Trinajstić information content (AvgIpc) is 2.58. The van der Waals surface area contributed by atoms with Crippen molar-refractivity contribution in [2.45, 2.75) is 136 Å². The van der Waals surface area contributed by atoms with Crippen LogP contribution in [0.1, 0.15) is 136 Å². The van der Waals surface area contributed by atoms with Gasteiger partial charge in [0.05, 0.1) is 0 Å². The first kappa shape index (κ1) is 24.4. The topological polar surface area (TPSA) is 17.1 Å². The summed E-state index contributed by atoms with van der Waals surface area (Å²) >= 11 is 0. The fraction of sp³-hybridized carbons (Fsp3) is 0.875. The van der Waals surface area contributed by atoms with Crippen molar-refractivity contribution >= 4 is 5.78 Å². The third kappa shape index (κ3) is 21.4. The molecule has 0 unspecified atom stereocenters. The molecule has 0 atom stereocenters. The SMILES string of the molecule is CCCCCCCCCCCCCCCCCC(=O)CCC=C(C)C. The van der Waals surface area contributed by atoms with E-state index < -0.39 is 0 Å². The number of unbranched alkanes of at least 4 members (excludes halogenated alkanes) is 14. The Kier molecular flexibility index (Phi) is 19.3. The number of carbonyl (C=O) groups excluding carboxylic acids is 1. The van der Waals surface area contributed by atoms with Gasteiger partial charge >= 0.3 is 0 Å². The molecule has 0 rings (SSSR count). The summed E-state index contributed by atoms with van der Waals surface area (Å²) in [6.45, 7) is 6.48. The van der Waals surface area contributed by atoms with Crippen LogP contribution in [0.25, 0.3) is 0 Å². The highest BCUT2D eigenvalue weighted by atomic mass is 16.1. The molecule has 25 heavy (non-hydrogen) atoms. The summed E-state index contributed by atoms with van der Waals surface area (Å²) in [5.41, 5.74) is 1.32. The van der Waals surface area contributed by atoms with E-state index >= 15 is 0 Å². The van der Waals surface area contributed by atoms with Crippen molar-refractivity contribution in [3.8, 4) is 0 Å². The summed E-state index contributed by atoms with van der Waals surface area (Å²) < 4.78 is 0. The summed E-state index contributed by atoms with van der Waals surface area (Å²) in [6, 6.07) is 0. The van der Waals surface area contributed by atoms with Crippen LogP contribution in [-0.2, 0) is 4.79 Å². The van der Waals surface area contributed by atoms with Gasteiger partial charge < -0.3 is 0 Å². The zero-order valence-electron chi connectivity index (χ0n) is 17.7. The summed E-state index contributed by atoms with van der Waals surface area (Å²) in [4.78, 5) is 11.7. The number of hydrogen-bond acceptors (Lipinski definition) is 1. The molecule has 0 aromatic heterocycles. The molecule has 0 amide bonds. The van der Waals surface area contributed by atoms with Crippen molar-refractivity contribution in [1.29, 1.82) is 0 Å². The third-order valence-corrected chi connectivity index (χ3v) is 5.03. The van der Waals surface area contributed by atoms with Crippen LogP contribution in [0.3, 0.4) is 0 Å². The van der Waals surface area contributed by atoms with E-state index in [9.17, 15) is 4.79 Å². The number of ketones is 1. The minimum Gasteiger partial charge on any atom is -0.300 e. The zero-order chi connectivity index (χ0) is 18.6. The number of Topliss-reactive ketones (excluding diaryl/α,β-unsaturated/α-hetero) is 1. The molecule has 0 fully saturated rings. The molecule has 0 aliphatic rings. The minimum absolute atomic E-state index is 0.451. The van der Waals surface area contributed by atoms with Gasteiger partial charge in [-0.25, -0.2) is 0 Å². The number of hydrogen-bond donors (Lipinski definition) is 0. The monoisotopic (exact) mass is 350 g/mol. The van der Waals surface area contributed by atoms with Crippen molar-refractivity contribution in [3.05, 3.63) is 11.6 Å². The Balaban J connectivity index is 3.14. The molecule has 1 heteroatoms. The first-order valence-corrected chi connectivity index (χ1v) is 11.3. The maximum absolute atomic E-state index is 11.7. The first-order chi connectivity index (χ1) is 12.2. The standard InChI is InChI=1S/C24H46O/c1-4-5-6-7-8-9-10-11-12-13-14-15-16-17-18-21-24(25)22-19-20-23(2)3/h20H,4-19,21-22H2,1-3H3. The Morgan fingerprint density at radius 2 is 1.00 bits per heavy atom. The van der Waals surface area contributed by atoms with Gasteiger partial charge in [-0.05, 0) is 26.7 Å². The highest BCUT2D eigenvalue weighted by Gasteiger charge is 2.00. The molecule has 0 radical (unpaired) electrons. The van der Waals surface area contributed by atoms with Crippen LogP contribution < -0.4 is 0 Å². The molecule has 0 heterocycles. The van der Waals surface area contributed by atoms with Crippen LogP contribution >= 0.6 is 0 Å². The molecule has 0 aliphatic heterocycles. The van der Waals surface area contributed by atoms with Gasteiger partial charge in [-0.3, -0.25) is 4.79 Å². The quantitative estimate of drug-likeness (QED) is 0.168. The predicted molar refractivity (Wildman–Crippen MR) is 113 cm³/mol. The molecular weight excluding hydrogens is 304 g/mol. The minimum atomic E-state index is 0.451. The molecule has 0 aromatic carbocycles. The Labute approximate surface area is 159 Å². The van der Waals surface area contributed by atoms with E-state index in [-0.39, 0.29) is 0 Å². The normalized spacial score (nSPS) is 10.8. The van der Waals surface area contributed by atoms with Crippen molar-refractivity contribution < 1.29 is 4.79 Å². The Bertz CT molecular complexity index is 312. The van der Waals surface area contributed by atoms with Crippen molar-refractivity contribution in [1.82, 2.24) is 0 Å². The van der Waals surface area contributed by atoms with Gasteiger partial charge in [-0.15, -0.1) is 0 Å². The van der Waals surface area contributed by atoms with Crippen LogP contribution in [0.15, 0.2) is 11.6 Å². The molecule has 0 aliphatic carbocycles. The van der Waals surface area contributed by atoms with Gasteiger partial charge in [0.1, 0.15) is 5.78 Å². The summed E-state index contributed by atoms with van der Waals surface area (Å²) in [6.07, 6.45) is 25.4. The lowest BCUT2D eigenvalue weighted by atomic mass is 10.0. The van der Waals surface area contributed by atoms with Crippen LogP contribution in [-0.4, -0.2) is 5.78 Å². The number of carbonyl (C=O) groups is 1. The van der Waals surface area contributed by atoms with Gasteiger partial charge in [0.2, 0.25) is 0 Å². The molecule has 0 saturated heterocycles. The van der Waals surface area contributed by atoms with Gasteiger partial charge in [0, 0.05) is 12.8 Å². The molecule has 0 aromatic rings.